The Morgan fingerprint density at radius 3 is 2.46 bits per heavy atom. The lowest BCUT2D eigenvalue weighted by atomic mass is 9.99. The first kappa shape index (κ1) is 9.00. The summed E-state index contributed by atoms with van der Waals surface area (Å²) in [4.78, 5) is 13.0. The quantitative estimate of drug-likeness (QED) is 0.699. The molecule has 0 radical (unpaired) electrons. The molecule has 0 aromatic carbocycles. The molecule has 0 amide bonds. The van der Waals surface area contributed by atoms with E-state index in [1.54, 1.807) is 0 Å². The molecule has 2 aliphatic rings. The van der Waals surface area contributed by atoms with E-state index in [4.69, 9.17) is 5.11 Å². The third kappa shape index (κ3) is 1.85. The van der Waals surface area contributed by atoms with Crippen molar-refractivity contribution >= 4 is 5.97 Å². The maximum atomic E-state index is 10.7. The minimum atomic E-state index is -0.608. The summed E-state index contributed by atoms with van der Waals surface area (Å²) < 4.78 is 0. The highest BCUT2D eigenvalue weighted by Crippen LogP contribution is 2.37. The number of carboxylic acids is 1. The Morgan fingerprint density at radius 1 is 1.38 bits per heavy atom. The molecule has 1 heterocycles. The summed E-state index contributed by atoms with van der Waals surface area (Å²) in [6.45, 7) is 4.49. The Bertz CT molecular complexity index is 209. The van der Waals surface area contributed by atoms with Crippen LogP contribution < -0.4 is 0 Å². The summed E-state index contributed by atoms with van der Waals surface area (Å²) in [5, 5.41) is 8.78. The monoisotopic (exact) mass is 183 g/mol. The van der Waals surface area contributed by atoms with Crippen LogP contribution in [0.1, 0.15) is 26.2 Å². The van der Waals surface area contributed by atoms with Crippen LogP contribution in [0.4, 0.5) is 0 Å². The van der Waals surface area contributed by atoms with Gasteiger partial charge in [0.05, 0.1) is 5.92 Å². The minimum absolute atomic E-state index is 0.0617. The van der Waals surface area contributed by atoms with Crippen molar-refractivity contribution in [1.82, 2.24) is 4.90 Å². The molecular weight excluding hydrogens is 166 g/mol. The predicted molar refractivity (Wildman–Crippen MR) is 49.5 cm³/mol. The molecular formula is C10H17NO2. The first-order valence-corrected chi connectivity index (χ1v) is 5.15. The van der Waals surface area contributed by atoms with Gasteiger partial charge in [0.2, 0.25) is 0 Å². The van der Waals surface area contributed by atoms with Gasteiger partial charge < -0.3 is 5.11 Å². The van der Waals surface area contributed by atoms with Gasteiger partial charge >= 0.3 is 5.97 Å². The third-order valence-corrected chi connectivity index (χ3v) is 3.36. The smallest absolute Gasteiger partial charge is 0.308 e. The van der Waals surface area contributed by atoms with E-state index >= 15 is 0 Å². The van der Waals surface area contributed by atoms with E-state index in [9.17, 15) is 4.79 Å². The molecule has 1 saturated heterocycles. The SMILES string of the molecule is CC1CCN(C2CC2C(=O)O)CC1. The molecule has 0 aromatic rings. The highest BCUT2D eigenvalue weighted by molar-refractivity contribution is 5.74. The summed E-state index contributed by atoms with van der Waals surface area (Å²) in [6.07, 6.45) is 3.36. The third-order valence-electron chi connectivity index (χ3n) is 3.36. The van der Waals surface area contributed by atoms with E-state index in [-0.39, 0.29) is 5.92 Å². The number of carboxylic acid groups (broad SMARTS) is 1. The fourth-order valence-corrected chi connectivity index (χ4v) is 2.21. The molecule has 1 aliphatic heterocycles. The van der Waals surface area contributed by atoms with Gasteiger partial charge in [0.1, 0.15) is 0 Å². The molecule has 3 nitrogen and oxygen atoms in total. The molecule has 2 fully saturated rings. The second kappa shape index (κ2) is 3.29. The van der Waals surface area contributed by atoms with E-state index in [0.717, 1.165) is 25.4 Å². The van der Waals surface area contributed by atoms with E-state index < -0.39 is 5.97 Å². The van der Waals surface area contributed by atoms with Crippen LogP contribution in [-0.4, -0.2) is 35.1 Å². The zero-order chi connectivity index (χ0) is 9.42. The van der Waals surface area contributed by atoms with Gasteiger partial charge in [0.25, 0.3) is 0 Å². The van der Waals surface area contributed by atoms with E-state index in [1.807, 2.05) is 0 Å². The average molecular weight is 183 g/mol. The van der Waals surface area contributed by atoms with Gasteiger partial charge in [-0.3, -0.25) is 9.69 Å². The van der Waals surface area contributed by atoms with E-state index in [2.05, 4.69) is 11.8 Å². The van der Waals surface area contributed by atoms with Gasteiger partial charge in [-0.25, -0.2) is 0 Å². The summed E-state index contributed by atoms with van der Waals surface area (Å²) in [7, 11) is 0. The molecule has 0 spiro atoms. The van der Waals surface area contributed by atoms with Crippen molar-refractivity contribution in [2.45, 2.75) is 32.2 Å². The maximum Gasteiger partial charge on any atom is 0.308 e. The number of aliphatic carboxylic acids is 1. The molecule has 2 atom stereocenters. The predicted octanol–water partition coefficient (Wildman–Crippen LogP) is 1.19. The first-order chi connectivity index (χ1) is 6.18. The molecule has 2 unspecified atom stereocenters. The van der Waals surface area contributed by atoms with Gasteiger partial charge in [-0.2, -0.15) is 0 Å². The molecule has 1 aliphatic carbocycles. The highest BCUT2D eigenvalue weighted by atomic mass is 16.4. The average Bonchev–Trinajstić information content (AvgIpc) is 2.85. The lowest BCUT2D eigenvalue weighted by molar-refractivity contribution is -0.139. The van der Waals surface area contributed by atoms with Crippen molar-refractivity contribution in [1.29, 1.82) is 0 Å². The topological polar surface area (TPSA) is 40.5 Å². The van der Waals surface area contributed by atoms with Gasteiger partial charge in [-0.05, 0) is 38.3 Å². The van der Waals surface area contributed by atoms with Crippen LogP contribution in [0.25, 0.3) is 0 Å². The van der Waals surface area contributed by atoms with Gasteiger partial charge in [-0.1, -0.05) is 6.92 Å². The standard InChI is InChI=1S/C10H17NO2/c1-7-2-4-11(5-3-7)9-6-8(9)10(12)13/h7-9H,2-6H2,1H3,(H,12,13). The largest absolute Gasteiger partial charge is 0.481 e. The molecule has 74 valence electrons. The Labute approximate surface area is 78.7 Å². The van der Waals surface area contributed by atoms with Gasteiger partial charge in [-0.15, -0.1) is 0 Å². The first-order valence-electron chi connectivity index (χ1n) is 5.15. The molecule has 0 aromatic heterocycles. The van der Waals surface area contributed by atoms with Crippen molar-refractivity contribution in [3.8, 4) is 0 Å². The molecule has 13 heavy (non-hydrogen) atoms. The van der Waals surface area contributed by atoms with Crippen molar-refractivity contribution in [3.63, 3.8) is 0 Å². The van der Waals surface area contributed by atoms with Crippen LogP contribution in [-0.2, 0) is 4.79 Å². The van der Waals surface area contributed by atoms with Crippen molar-refractivity contribution in [2.24, 2.45) is 11.8 Å². The second-order valence-corrected chi connectivity index (χ2v) is 4.47. The second-order valence-electron chi connectivity index (χ2n) is 4.47. The number of hydrogen-bond acceptors (Lipinski definition) is 2. The fourth-order valence-electron chi connectivity index (χ4n) is 2.21. The summed E-state index contributed by atoms with van der Waals surface area (Å²) in [5.41, 5.74) is 0. The Morgan fingerprint density at radius 2 is 2.00 bits per heavy atom. The lowest BCUT2D eigenvalue weighted by Crippen LogP contribution is -2.36. The summed E-state index contributed by atoms with van der Waals surface area (Å²) >= 11 is 0. The number of likely N-dealkylation sites (tertiary alicyclic amines) is 1. The molecule has 3 heteroatoms. The van der Waals surface area contributed by atoms with Crippen molar-refractivity contribution in [2.75, 3.05) is 13.1 Å². The lowest BCUT2D eigenvalue weighted by Gasteiger charge is -2.30. The Hall–Kier alpha value is -0.570. The highest BCUT2D eigenvalue weighted by Gasteiger charge is 2.47. The Balaban J connectivity index is 1.81. The number of hydrogen-bond donors (Lipinski definition) is 1. The normalized spacial score (nSPS) is 36.1. The van der Waals surface area contributed by atoms with Crippen LogP contribution >= 0.6 is 0 Å². The van der Waals surface area contributed by atoms with Crippen LogP contribution in [0.15, 0.2) is 0 Å². The summed E-state index contributed by atoms with van der Waals surface area (Å²) in [6, 6.07) is 0.366. The zero-order valence-corrected chi connectivity index (χ0v) is 8.07. The fraction of sp³-hybridized carbons (Fsp3) is 0.900. The maximum absolute atomic E-state index is 10.7. The Kier molecular flexibility index (Phi) is 2.28. The van der Waals surface area contributed by atoms with Crippen LogP contribution in [0.5, 0.6) is 0 Å². The van der Waals surface area contributed by atoms with Crippen LogP contribution in [0, 0.1) is 11.8 Å². The van der Waals surface area contributed by atoms with Gasteiger partial charge in [0.15, 0.2) is 0 Å². The van der Waals surface area contributed by atoms with Gasteiger partial charge in [0, 0.05) is 6.04 Å². The number of carbonyl (C=O) groups is 1. The van der Waals surface area contributed by atoms with Crippen molar-refractivity contribution in [3.05, 3.63) is 0 Å². The van der Waals surface area contributed by atoms with Crippen LogP contribution in [0.3, 0.4) is 0 Å². The number of nitrogens with zero attached hydrogens (tertiary/aromatic N) is 1. The minimum Gasteiger partial charge on any atom is -0.481 e. The molecule has 2 rings (SSSR count). The molecule has 0 bridgehead atoms. The van der Waals surface area contributed by atoms with Crippen molar-refractivity contribution < 1.29 is 9.90 Å². The number of rotatable bonds is 2. The zero-order valence-electron chi connectivity index (χ0n) is 8.07. The van der Waals surface area contributed by atoms with Crippen LogP contribution in [0.2, 0.25) is 0 Å². The molecule has 1 N–H and O–H groups in total. The van der Waals surface area contributed by atoms with E-state index in [0.29, 0.717) is 6.04 Å². The van der Waals surface area contributed by atoms with E-state index in [1.165, 1.54) is 12.8 Å². The number of piperidine rings is 1. The summed E-state index contributed by atoms with van der Waals surface area (Å²) in [5.74, 6) is 0.162. The molecule has 1 saturated carbocycles.